The van der Waals surface area contributed by atoms with Gasteiger partial charge in [-0.15, -0.1) is 0 Å². The molecule has 2 aromatic heterocycles. The molecule has 31 heavy (non-hydrogen) atoms. The monoisotopic (exact) mass is 435 g/mol. The number of carbonyl (C=O) groups excluding carboxylic acids is 1. The van der Waals surface area contributed by atoms with Crippen molar-refractivity contribution in [1.29, 1.82) is 0 Å². The first-order valence-electron chi connectivity index (χ1n) is 9.70. The summed E-state index contributed by atoms with van der Waals surface area (Å²) in [7, 11) is -3.55. The Hall–Kier alpha value is -3.65. The maximum Gasteiger partial charge on any atom is 0.287 e. The first-order valence-corrected chi connectivity index (χ1v) is 11.4. The zero-order chi connectivity index (χ0) is 21.7. The molecule has 0 fully saturated rings. The highest BCUT2D eigenvalue weighted by atomic mass is 32.2. The highest BCUT2D eigenvalue weighted by Gasteiger charge is 2.19. The first kappa shape index (κ1) is 20.6. The number of furan rings is 1. The average molecular weight is 436 g/mol. The molecule has 2 aromatic carbocycles. The summed E-state index contributed by atoms with van der Waals surface area (Å²) in [5.74, 6) is -0.426. The number of nitrogens with one attached hydrogen (secondary N) is 1. The Balaban J connectivity index is 1.40. The van der Waals surface area contributed by atoms with Crippen LogP contribution in [0.5, 0.6) is 0 Å². The predicted molar refractivity (Wildman–Crippen MR) is 115 cm³/mol. The molecule has 0 atom stereocenters. The van der Waals surface area contributed by atoms with Gasteiger partial charge in [0.2, 0.25) is 0 Å². The lowest BCUT2D eigenvalue weighted by atomic mass is 10.1. The summed E-state index contributed by atoms with van der Waals surface area (Å²) in [4.78, 5) is 12.7. The molecule has 4 rings (SSSR count). The normalized spacial score (nSPS) is 11.4. The SMILES string of the molecule is O=C(NCc1ccccc1Cn1cccn1)c1ccc(CS(=O)(=O)c2ccccc2)o1. The van der Waals surface area contributed by atoms with E-state index in [9.17, 15) is 13.2 Å². The van der Waals surface area contributed by atoms with Crippen LogP contribution in [-0.4, -0.2) is 24.1 Å². The summed E-state index contributed by atoms with van der Waals surface area (Å²) in [6.07, 6.45) is 3.60. The van der Waals surface area contributed by atoms with Gasteiger partial charge >= 0.3 is 0 Å². The van der Waals surface area contributed by atoms with Gasteiger partial charge in [0, 0.05) is 18.9 Å². The highest BCUT2D eigenvalue weighted by Crippen LogP contribution is 2.18. The standard InChI is InChI=1S/C23H21N3O4S/c27-23(24-15-18-7-4-5-8-19(18)16-26-14-6-13-25-26)22-12-11-20(30-22)17-31(28,29)21-9-2-1-3-10-21/h1-14H,15-17H2,(H,24,27). The van der Waals surface area contributed by atoms with E-state index < -0.39 is 15.7 Å². The van der Waals surface area contributed by atoms with E-state index in [0.717, 1.165) is 11.1 Å². The Kier molecular flexibility index (Phi) is 5.99. The predicted octanol–water partition coefficient (Wildman–Crippen LogP) is 3.43. The number of hydrogen-bond donors (Lipinski definition) is 1. The van der Waals surface area contributed by atoms with Gasteiger partial charge in [0.05, 0.1) is 11.4 Å². The van der Waals surface area contributed by atoms with Crippen LogP contribution in [0.15, 0.2) is 94.5 Å². The summed E-state index contributed by atoms with van der Waals surface area (Å²) in [6, 6.07) is 20.8. The molecule has 0 spiro atoms. The van der Waals surface area contributed by atoms with Gasteiger partial charge in [-0.2, -0.15) is 5.10 Å². The van der Waals surface area contributed by atoms with E-state index in [1.807, 2.05) is 41.2 Å². The Bertz CT molecular complexity index is 1260. The zero-order valence-corrected chi connectivity index (χ0v) is 17.5. The van der Waals surface area contributed by atoms with Gasteiger partial charge in [0.25, 0.3) is 5.91 Å². The molecule has 0 aliphatic carbocycles. The summed E-state index contributed by atoms with van der Waals surface area (Å²) in [5, 5.41) is 7.05. The molecule has 0 radical (unpaired) electrons. The molecular formula is C23H21N3O4S. The summed E-state index contributed by atoms with van der Waals surface area (Å²) < 4.78 is 32.3. The fourth-order valence-corrected chi connectivity index (χ4v) is 4.46. The Morgan fingerprint density at radius 1 is 0.935 bits per heavy atom. The van der Waals surface area contributed by atoms with Crippen LogP contribution >= 0.6 is 0 Å². The molecule has 4 aromatic rings. The van der Waals surface area contributed by atoms with Crippen molar-refractivity contribution in [3.8, 4) is 0 Å². The lowest BCUT2D eigenvalue weighted by molar-refractivity contribution is 0.0921. The summed E-state index contributed by atoms with van der Waals surface area (Å²) in [5.41, 5.74) is 2.00. The van der Waals surface area contributed by atoms with E-state index in [1.165, 1.54) is 24.3 Å². The molecule has 0 saturated heterocycles. The highest BCUT2D eigenvalue weighted by molar-refractivity contribution is 7.90. The lowest BCUT2D eigenvalue weighted by Crippen LogP contribution is -2.23. The third-order valence-corrected chi connectivity index (χ3v) is 6.42. The van der Waals surface area contributed by atoms with Crippen molar-refractivity contribution in [2.24, 2.45) is 0 Å². The molecule has 0 bridgehead atoms. The van der Waals surface area contributed by atoms with E-state index in [4.69, 9.17) is 4.42 Å². The number of benzene rings is 2. The van der Waals surface area contributed by atoms with Crippen LogP contribution in [0.25, 0.3) is 0 Å². The molecule has 158 valence electrons. The van der Waals surface area contributed by atoms with Crippen molar-refractivity contribution in [3.05, 3.63) is 108 Å². The molecule has 0 aliphatic heterocycles. The quantitative estimate of drug-likeness (QED) is 0.458. The zero-order valence-electron chi connectivity index (χ0n) is 16.6. The molecule has 1 N–H and O–H groups in total. The van der Waals surface area contributed by atoms with E-state index in [0.29, 0.717) is 13.1 Å². The number of hydrogen-bond acceptors (Lipinski definition) is 5. The van der Waals surface area contributed by atoms with Crippen molar-refractivity contribution in [2.75, 3.05) is 0 Å². The fraction of sp³-hybridized carbons (Fsp3) is 0.130. The second-order valence-corrected chi connectivity index (χ2v) is 8.98. The first-order chi connectivity index (χ1) is 15.0. The molecular weight excluding hydrogens is 414 g/mol. The van der Waals surface area contributed by atoms with Gasteiger partial charge in [-0.1, -0.05) is 42.5 Å². The number of amides is 1. The average Bonchev–Trinajstić information content (AvgIpc) is 3.45. The van der Waals surface area contributed by atoms with Crippen LogP contribution in [0.1, 0.15) is 27.4 Å². The number of rotatable bonds is 8. The lowest BCUT2D eigenvalue weighted by Gasteiger charge is -2.10. The minimum atomic E-state index is -3.55. The third kappa shape index (κ3) is 5.10. The number of sulfone groups is 1. The van der Waals surface area contributed by atoms with Gasteiger partial charge in [-0.05, 0) is 41.5 Å². The molecule has 0 aliphatic rings. The van der Waals surface area contributed by atoms with E-state index in [1.54, 1.807) is 24.4 Å². The molecule has 1 amide bonds. The van der Waals surface area contributed by atoms with E-state index in [-0.39, 0.29) is 22.2 Å². The van der Waals surface area contributed by atoms with Gasteiger partial charge in [0.1, 0.15) is 11.5 Å². The second-order valence-electron chi connectivity index (χ2n) is 6.99. The van der Waals surface area contributed by atoms with Crippen LogP contribution in [0.2, 0.25) is 0 Å². The van der Waals surface area contributed by atoms with E-state index in [2.05, 4.69) is 10.4 Å². The Morgan fingerprint density at radius 2 is 1.68 bits per heavy atom. The van der Waals surface area contributed by atoms with Gasteiger partial charge < -0.3 is 9.73 Å². The van der Waals surface area contributed by atoms with Crippen LogP contribution in [0, 0.1) is 0 Å². The van der Waals surface area contributed by atoms with Crippen molar-refractivity contribution in [3.63, 3.8) is 0 Å². The number of carbonyl (C=O) groups is 1. The molecule has 2 heterocycles. The topological polar surface area (TPSA) is 94.2 Å². The molecule has 0 unspecified atom stereocenters. The van der Waals surface area contributed by atoms with Crippen LogP contribution < -0.4 is 5.32 Å². The van der Waals surface area contributed by atoms with Crippen LogP contribution in [0.3, 0.4) is 0 Å². The Morgan fingerprint density at radius 3 is 2.42 bits per heavy atom. The molecule has 7 nitrogen and oxygen atoms in total. The number of aromatic nitrogens is 2. The smallest absolute Gasteiger partial charge is 0.287 e. The van der Waals surface area contributed by atoms with Gasteiger partial charge in [-0.25, -0.2) is 8.42 Å². The summed E-state index contributed by atoms with van der Waals surface area (Å²) in [6.45, 7) is 0.913. The largest absolute Gasteiger partial charge is 0.455 e. The van der Waals surface area contributed by atoms with Crippen LogP contribution in [0.4, 0.5) is 0 Å². The van der Waals surface area contributed by atoms with Crippen LogP contribution in [-0.2, 0) is 28.7 Å². The van der Waals surface area contributed by atoms with Gasteiger partial charge in [-0.3, -0.25) is 9.48 Å². The maximum absolute atomic E-state index is 12.5. The van der Waals surface area contributed by atoms with Crippen molar-refractivity contribution >= 4 is 15.7 Å². The minimum Gasteiger partial charge on any atom is -0.455 e. The fourth-order valence-electron chi connectivity index (χ4n) is 3.19. The van der Waals surface area contributed by atoms with Crippen molar-refractivity contribution in [2.45, 2.75) is 23.7 Å². The van der Waals surface area contributed by atoms with E-state index >= 15 is 0 Å². The van der Waals surface area contributed by atoms with Crippen molar-refractivity contribution < 1.29 is 17.6 Å². The second kappa shape index (κ2) is 9.01. The van der Waals surface area contributed by atoms with Gasteiger partial charge in [0.15, 0.2) is 15.6 Å². The minimum absolute atomic E-state index is 0.0721. The van der Waals surface area contributed by atoms with Crippen molar-refractivity contribution in [1.82, 2.24) is 15.1 Å². The molecule has 0 saturated carbocycles. The molecule has 8 heteroatoms. The number of nitrogens with zero attached hydrogens (tertiary/aromatic N) is 2. The Labute approximate surface area is 180 Å². The third-order valence-electron chi connectivity index (χ3n) is 4.77. The summed E-state index contributed by atoms with van der Waals surface area (Å²) >= 11 is 0. The maximum atomic E-state index is 12.5.